The SMILES string of the molecule is CCOC(=O)CCSc1nc(-c2ccccc2)nc2ccc(F)cc12. The Balaban J connectivity index is 1.93. The number of aromatic nitrogens is 2. The molecule has 0 unspecified atom stereocenters. The van der Waals surface area contributed by atoms with Crippen LogP contribution in [-0.4, -0.2) is 28.3 Å². The smallest absolute Gasteiger partial charge is 0.306 e. The highest BCUT2D eigenvalue weighted by molar-refractivity contribution is 7.99. The van der Waals surface area contributed by atoms with Crippen molar-refractivity contribution in [2.75, 3.05) is 12.4 Å². The molecule has 0 radical (unpaired) electrons. The second-order valence-corrected chi connectivity index (χ2v) is 6.37. The number of esters is 1. The first-order valence-corrected chi connectivity index (χ1v) is 8.97. The van der Waals surface area contributed by atoms with Crippen LogP contribution in [0.25, 0.3) is 22.3 Å². The van der Waals surface area contributed by atoms with Crippen molar-refractivity contribution in [3.63, 3.8) is 0 Å². The lowest BCUT2D eigenvalue weighted by Crippen LogP contribution is -2.05. The molecule has 0 aliphatic heterocycles. The van der Waals surface area contributed by atoms with E-state index in [9.17, 15) is 9.18 Å². The van der Waals surface area contributed by atoms with Crippen LogP contribution in [0.1, 0.15) is 13.3 Å². The van der Waals surface area contributed by atoms with E-state index in [-0.39, 0.29) is 18.2 Å². The molecule has 3 aromatic rings. The zero-order valence-electron chi connectivity index (χ0n) is 13.7. The fraction of sp³-hybridized carbons (Fsp3) is 0.211. The van der Waals surface area contributed by atoms with E-state index in [2.05, 4.69) is 9.97 Å². The van der Waals surface area contributed by atoms with Gasteiger partial charge in [0.2, 0.25) is 0 Å². The molecule has 0 N–H and O–H groups in total. The van der Waals surface area contributed by atoms with Gasteiger partial charge in [-0.05, 0) is 25.1 Å². The molecule has 0 bridgehead atoms. The molecule has 25 heavy (non-hydrogen) atoms. The van der Waals surface area contributed by atoms with Gasteiger partial charge in [0, 0.05) is 16.7 Å². The number of hydrogen-bond donors (Lipinski definition) is 0. The van der Waals surface area contributed by atoms with Gasteiger partial charge >= 0.3 is 5.97 Å². The first-order chi connectivity index (χ1) is 12.2. The summed E-state index contributed by atoms with van der Waals surface area (Å²) in [7, 11) is 0. The Kier molecular flexibility index (Phi) is 5.60. The topological polar surface area (TPSA) is 52.1 Å². The van der Waals surface area contributed by atoms with E-state index in [0.717, 1.165) is 5.56 Å². The number of rotatable bonds is 6. The third-order valence-electron chi connectivity index (χ3n) is 3.51. The van der Waals surface area contributed by atoms with Gasteiger partial charge in [-0.15, -0.1) is 11.8 Å². The third-order valence-corrected chi connectivity index (χ3v) is 4.50. The number of halogens is 1. The molecule has 1 aromatic heterocycles. The highest BCUT2D eigenvalue weighted by Crippen LogP contribution is 2.29. The molecule has 1 heterocycles. The van der Waals surface area contributed by atoms with Crippen molar-refractivity contribution in [2.45, 2.75) is 18.4 Å². The van der Waals surface area contributed by atoms with E-state index in [1.807, 2.05) is 30.3 Å². The minimum atomic E-state index is -0.337. The number of benzene rings is 2. The van der Waals surface area contributed by atoms with Gasteiger partial charge in [-0.25, -0.2) is 14.4 Å². The molecule has 0 fully saturated rings. The van der Waals surface area contributed by atoms with E-state index in [0.29, 0.717) is 34.1 Å². The lowest BCUT2D eigenvalue weighted by atomic mass is 10.2. The van der Waals surface area contributed by atoms with Gasteiger partial charge in [0.15, 0.2) is 5.82 Å². The summed E-state index contributed by atoms with van der Waals surface area (Å²) in [5, 5.41) is 1.31. The van der Waals surface area contributed by atoms with Crippen LogP contribution in [0.4, 0.5) is 4.39 Å². The van der Waals surface area contributed by atoms with Crippen LogP contribution in [0.3, 0.4) is 0 Å². The summed E-state index contributed by atoms with van der Waals surface area (Å²) in [5.74, 6) is 0.507. The first-order valence-electron chi connectivity index (χ1n) is 7.98. The zero-order chi connectivity index (χ0) is 17.6. The first kappa shape index (κ1) is 17.4. The van der Waals surface area contributed by atoms with Crippen LogP contribution in [0.5, 0.6) is 0 Å². The van der Waals surface area contributed by atoms with Crippen molar-refractivity contribution in [3.8, 4) is 11.4 Å². The molecular formula is C19H17FN2O2S. The normalized spacial score (nSPS) is 10.8. The molecular weight excluding hydrogens is 339 g/mol. The largest absolute Gasteiger partial charge is 0.466 e. The van der Waals surface area contributed by atoms with Crippen molar-refractivity contribution >= 4 is 28.6 Å². The third kappa shape index (κ3) is 4.33. The van der Waals surface area contributed by atoms with Crippen molar-refractivity contribution in [1.29, 1.82) is 0 Å². The molecule has 2 aromatic carbocycles. The van der Waals surface area contributed by atoms with Gasteiger partial charge < -0.3 is 4.74 Å². The Morgan fingerprint density at radius 3 is 2.72 bits per heavy atom. The molecule has 0 saturated carbocycles. The molecule has 128 valence electrons. The maximum Gasteiger partial charge on any atom is 0.306 e. The van der Waals surface area contributed by atoms with Gasteiger partial charge in [-0.2, -0.15) is 0 Å². The van der Waals surface area contributed by atoms with Gasteiger partial charge in [0.05, 0.1) is 18.5 Å². The fourth-order valence-electron chi connectivity index (χ4n) is 2.36. The molecule has 0 aliphatic carbocycles. The van der Waals surface area contributed by atoms with Gasteiger partial charge in [-0.1, -0.05) is 30.3 Å². The number of carbonyl (C=O) groups excluding carboxylic acids is 1. The van der Waals surface area contributed by atoms with Gasteiger partial charge in [-0.3, -0.25) is 4.79 Å². The zero-order valence-corrected chi connectivity index (χ0v) is 14.6. The number of thioether (sulfide) groups is 1. The second-order valence-electron chi connectivity index (χ2n) is 5.28. The Hall–Kier alpha value is -2.47. The minimum absolute atomic E-state index is 0.247. The summed E-state index contributed by atoms with van der Waals surface area (Å²) in [4.78, 5) is 20.6. The Morgan fingerprint density at radius 2 is 1.96 bits per heavy atom. The predicted octanol–water partition coefficient (Wildman–Crippen LogP) is 4.48. The molecule has 6 heteroatoms. The van der Waals surface area contributed by atoms with E-state index in [1.165, 1.54) is 23.9 Å². The maximum absolute atomic E-state index is 13.7. The van der Waals surface area contributed by atoms with E-state index in [1.54, 1.807) is 13.0 Å². The summed E-state index contributed by atoms with van der Waals surface area (Å²) >= 11 is 1.40. The maximum atomic E-state index is 13.7. The Bertz CT molecular complexity index is 887. The fourth-order valence-corrected chi connectivity index (χ4v) is 3.30. The Morgan fingerprint density at radius 1 is 1.16 bits per heavy atom. The molecule has 0 atom stereocenters. The lowest BCUT2D eigenvalue weighted by molar-refractivity contribution is -0.142. The van der Waals surface area contributed by atoms with Crippen molar-refractivity contribution < 1.29 is 13.9 Å². The minimum Gasteiger partial charge on any atom is -0.466 e. The van der Waals surface area contributed by atoms with Crippen molar-refractivity contribution in [1.82, 2.24) is 9.97 Å². The summed E-state index contributed by atoms with van der Waals surface area (Å²) in [6, 6.07) is 14.1. The van der Waals surface area contributed by atoms with E-state index < -0.39 is 0 Å². The molecule has 3 rings (SSSR count). The van der Waals surface area contributed by atoms with E-state index >= 15 is 0 Å². The van der Waals surface area contributed by atoms with Crippen molar-refractivity contribution in [2.24, 2.45) is 0 Å². The van der Waals surface area contributed by atoms with Crippen molar-refractivity contribution in [3.05, 3.63) is 54.3 Å². The van der Waals surface area contributed by atoms with Gasteiger partial charge in [0.1, 0.15) is 10.8 Å². The van der Waals surface area contributed by atoms with Crippen LogP contribution in [0.2, 0.25) is 0 Å². The number of hydrogen-bond acceptors (Lipinski definition) is 5. The summed E-state index contributed by atoms with van der Waals surface area (Å²) in [6.07, 6.45) is 0.278. The van der Waals surface area contributed by atoms with Crippen LogP contribution in [0, 0.1) is 5.82 Å². The number of nitrogens with zero attached hydrogens (tertiary/aromatic N) is 2. The molecule has 4 nitrogen and oxygen atoms in total. The van der Waals surface area contributed by atoms with Crippen LogP contribution < -0.4 is 0 Å². The Labute approximate surface area is 149 Å². The summed E-state index contributed by atoms with van der Waals surface area (Å²) in [6.45, 7) is 2.14. The summed E-state index contributed by atoms with van der Waals surface area (Å²) < 4.78 is 18.6. The van der Waals surface area contributed by atoms with Gasteiger partial charge in [0.25, 0.3) is 0 Å². The predicted molar refractivity (Wildman–Crippen MR) is 96.9 cm³/mol. The monoisotopic (exact) mass is 356 g/mol. The molecule has 0 spiro atoms. The van der Waals surface area contributed by atoms with Crippen LogP contribution in [0.15, 0.2) is 53.6 Å². The number of fused-ring (bicyclic) bond motifs is 1. The highest BCUT2D eigenvalue weighted by Gasteiger charge is 2.12. The molecule has 0 saturated heterocycles. The number of carbonyl (C=O) groups is 1. The lowest BCUT2D eigenvalue weighted by Gasteiger charge is -2.09. The average molecular weight is 356 g/mol. The van der Waals surface area contributed by atoms with Crippen LogP contribution >= 0.6 is 11.8 Å². The molecule has 0 aliphatic rings. The van der Waals surface area contributed by atoms with E-state index in [4.69, 9.17) is 4.74 Å². The average Bonchev–Trinajstić information content (AvgIpc) is 2.63. The quantitative estimate of drug-likeness (QED) is 0.370. The molecule has 0 amide bonds. The highest BCUT2D eigenvalue weighted by atomic mass is 32.2. The van der Waals surface area contributed by atoms with Crippen LogP contribution in [-0.2, 0) is 9.53 Å². The standard InChI is InChI=1S/C19H17FN2O2S/c1-2-24-17(23)10-11-25-19-15-12-14(20)8-9-16(15)21-18(22-19)13-6-4-3-5-7-13/h3-9,12H,2,10-11H2,1H3. The summed E-state index contributed by atoms with van der Waals surface area (Å²) in [5.41, 5.74) is 1.56. The number of ether oxygens (including phenoxy) is 1. The second kappa shape index (κ2) is 8.07.